The molecule has 0 unspecified atom stereocenters. The molecule has 0 atom stereocenters. The normalized spacial score (nSPS) is 10.8. The molecule has 0 N–H and O–H groups in total. The second-order valence-corrected chi connectivity index (χ2v) is 4.35. The summed E-state index contributed by atoms with van der Waals surface area (Å²) in [4.78, 5) is 12.5. The van der Waals surface area contributed by atoms with Gasteiger partial charge in [0, 0.05) is 27.1 Å². The Morgan fingerprint density at radius 2 is 1.69 bits per heavy atom. The molecule has 0 aliphatic rings. The molecule has 0 aromatic carbocycles. The van der Waals surface area contributed by atoms with E-state index in [1.165, 1.54) is 0 Å². The lowest BCUT2D eigenvalue weighted by molar-refractivity contribution is -0.128. The van der Waals surface area contributed by atoms with Crippen LogP contribution < -0.4 is 0 Å². The molecule has 0 bridgehead atoms. The number of carbonyl (C=O) groups excluding carboxylic acids is 1. The van der Waals surface area contributed by atoms with Crippen LogP contribution in [0.25, 0.3) is 0 Å². The van der Waals surface area contributed by atoms with E-state index in [1.807, 2.05) is 0 Å². The smallest absolute Gasteiger partial charge is 0.219 e. The Labute approximate surface area is 98.9 Å². The minimum Gasteiger partial charge on any atom is -0.379 e. The summed E-state index contributed by atoms with van der Waals surface area (Å²) in [6, 6.07) is 0. The second-order valence-electron chi connectivity index (χ2n) is 4.35. The number of hydrogen-bond acceptors (Lipinski definition) is 3. The lowest BCUT2D eigenvalue weighted by Crippen LogP contribution is -2.28. The molecule has 0 spiro atoms. The van der Waals surface area contributed by atoms with Gasteiger partial charge in [0.1, 0.15) is 0 Å². The Hall–Kier alpha value is -0.610. The minimum absolute atomic E-state index is 0.0665. The molecule has 0 aliphatic heterocycles. The summed E-state index contributed by atoms with van der Waals surface area (Å²) in [5.74, 6) is 0.752. The molecule has 96 valence electrons. The van der Waals surface area contributed by atoms with E-state index in [0.717, 1.165) is 13.0 Å². The molecule has 4 nitrogen and oxygen atoms in total. The van der Waals surface area contributed by atoms with Crippen LogP contribution in [0.2, 0.25) is 0 Å². The zero-order valence-electron chi connectivity index (χ0n) is 11.0. The number of amides is 1. The Morgan fingerprint density at radius 3 is 2.19 bits per heavy atom. The van der Waals surface area contributed by atoms with E-state index in [2.05, 4.69) is 13.8 Å². The fourth-order valence-corrected chi connectivity index (χ4v) is 1.000. The highest BCUT2D eigenvalue weighted by atomic mass is 16.5. The van der Waals surface area contributed by atoms with Crippen molar-refractivity contribution < 1.29 is 14.3 Å². The van der Waals surface area contributed by atoms with Crippen LogP contribution in [0.4, 0.5) is 0 Å². The fourth-order valence-electron chi connectivity index (χ4n) is 1.000. The Kier molecular flexibility index (Phi) is 9.24. The van der Waals surface area contributed by atoms with Crippen molar-refractivity contribution in [2.24, 2.45) is 5.92 Å². The molecule has 1 amide bonds. The molecule has 0 saturated carbocycles. The monoisotopic (exact) mass is 231 g/mol. The van der Waals surface area contributed by atoms with E-state index < -0.39 is 0 Å². The van der Waals surface area contributed by atoms with E-state index in [9.17, 15) is 4.79 Å². The average molecular weight is 231 g/mol. The van der Waals surface area contributed by atoms with Crippen LogP contribution in [0.1, 0.15) is 27.2 Å². The molecule has 0 aromatic rings. The van der Waals surface area contributed by atoms with Crippen LogP contribution in [0.15, 0.2) is 0 Å². The zero-order valence-corrected chi connectivity index (χ0v) is 11.0. The number of rotatable bonds is 9. The average Bonchev–Trinajstić information content (AvgIpc) is 2.21. The summed E-state index contributed by atoms with van der Waals surface area (Å²) < 4.78 is 10.7. The van der Waals surface area contributed by atoms with Gasteiger partial charge in [-0.15, -0.1) is 0 Å². The standard InChI is InChI=1S/C12H25NO3/c1-11(2)5-7-15-9-10-16-8-6-13(4)12(3)14/h11H,5-10H2,1-4H3. The van der Waals surface area contributed by atoms with E-state index >= 15 is 0 Å². The molecular weight excluding hydrogens is 206 g/mol. The van der Waals surface area contributed by atoms with E-state index in [1.54, 1.807) is 18.9 Å². The Morgan fingerprint density at radius 1 is 1.12 bits per heavy atom. The zero-order chi connectivity index (χ0) is 12.4. The van der Waals surface area contributed by atoms with E-state index in [4.69, 9.17) is 9.47 Å². The van der Waals surface area contributed by atoms with Crippen molar-refractivity contribution in [1.82, 2.24) is 4.90 Å². The molecule has 0 aliphatic carbocycles. The van der Waals surface area contributed by atoms with Gasteiger partial charge in [0.25, 0.3) is 0 Å². The number of carbonyl (C=O) groups is 1. The van der Waals surface area contributed by atoms with Crippen LogP contribution >= 0.6 is 0 Å². The summed E-state index contributed by atoms with van der Waals surface area (Å²) in [6.07, 6.45) is 1.09. The van der Waals surface area contributed by atoms with Crippen molar-refractivity contribution in [2.75, 3.05) is 40.0 Å². The van der Waals surface area contributed by atoms with Crippen LogP contribution in [0.3, 0.4) is 0 Å². The van der Waals surface area contributed by atoms with Crippen molar-refractivity contribution in [3.8, 4) is 0 Å². The molecular formula is C12H25NO3. The van der Waals surface area contributed by atoms with Gasteiger partial charge in [-0.3, -0.25) is 4.79 Å². The highest BCUT2D eigenvalue weighted by Gasteiger charge is 2.00. The Balaban J connectivity index is 3.13. The van der Waals surface area contributed by atoms with Gasteiger partial charge in [0.05, 0.1) is 19.8 Å². The summed E-state index contributed by atoms with van der Waals surface area (Å²) in [5, 5.41) is 0. The number of ether oxygens (including phenoxy) is 2. The SMILES string of the molecule is CC(=O)N(C)CCOCCOCCC(C)C. The highest BCUT2D eigenvalue weighted by molar-refractivity contribution is 5.72. The maximum absolute atomic E-state index is 10.9. The third-order valence-electron chi connectivity index (χ3n) is 2.32. The van der Waals surface area contributed by atoms with Gasteiger partial charge in [0.2, 0.25) is 5.91 Å². The molecule has 16 heavy (non-hydrogen) atoms. The summed E-state index contributed by atoms with van der Waals surface area (Å²) in [5.41, 5.74) is 0. The van der Waals surface area contributed by atoms with E-state index in [-0.39, 0.29) is 5.91 Å². The van der Waals surface area contributed by atoms with Crippen molar-refractivity contribution in [2.45, 2.75) is 27.2 Å². The van der Waals surface area contributed by atoms with Gasteiger partial charge >= 0.3 is 0 Å². The maximum atomic E-state index is 10.9. The molecule has 0 rings (SSSR count). The van der Waals surface area contributed by atoms with Crippen molar-refractivity contribution >= 4 is 5.91 Å². The predicted octanol–water partition coefficient (Wildman–Crippen LogP) is 1.54. The largest absolute Gasteiger partial charge is 0.379 e. The van der Waals surface area contributed by atoms with Crippen molar-refractivity contribution in [1.29, 1.82) is 0 Å². The van der Waals surface area contributed by atoms with Crippen LogP contribution in [-0.4, -0.2) is 50.8 Å². The third kappa shape index (κ3) is 9.93. The van der Waals surface area contributed by atoms with Crippen LogP contribution in [0, 0.1) is 5.92 Å². The summed E-state index contributed by atoms with van der Waals surface area (Å²) >= 11 is 0. The molecule has 0 fully saturated rings. The lowest BCUT2D eigenvalue weighted by Gasteiger charge is -2.14. The van der Waals surface area contributed by atoms with Crippen LogP contribution in [0.5, 0.6) is 0 Å². The maximum Gasteiger partial charge on any atom is 0.219 e. The first-order chi connectivity index (χ1) is 7.54. The first kappa shape index (κ1) is 15.4. The predicted molar refractivity (Wildman–Crippen MR) is 64.4 cm³/mol. The molecule has 4 heteroatoms. The van der Waals surface area contributed by atoms with E-state index in [0.29, 0.717) is 32.3 Å². The molecule has 0 saturated heterocycles. The minimum atomic E-state index is 0.0665. The molecule has 0 radical (unpaired) electrons. The van der Waals surface area contributed by atoms with Gasteiger partial charge in [-0.25, -0.2) is 0 Å². The quantitative estimate of drug-likeness (QED) is 0.565. The summed E-state index contributed by atoms with van der Waals surface area (Å²) in [7, 11) is 1.77. The number of nitrogens with zero attached hydrogens (tertiary/aromatic N) is 1. The van der Waals surface area contributed by atoms with Crippen molar-refractivity contribution in [3.05, 3.63) is 0 Å². The Bertz CT molecular complexity index is 183. The first-order valence-corrected chi connectivity index (χ1v) is 5.91. The van der Waals surface area contributed by atoms with Crippen molar-refractivity contribution in [3.63, 3.8) is 0 Å². The van der Waals surface area contributed by atoms with Gasteiger partial charge in [-0.2, -0.15) is 0 Å². The van der Waals surface area contributed by atoms with Gasteiger partial charge in [-0.1, -0.05) is 13.8 Å². The number of hydrogen-bond donors (Lipinski definition) is 0. The topological polar surface area (TPSA) is 38.8 Å². The third-order valence-corrected chi connectivity index (χ3v) is 2.32. The highest BCUT2D eigenvalue weighted by Crippen LogP contribution is 1.98. The van der Waals surface area contributed by atoms with Gasteiger partial charge < -0.3 is 14.4 Å². The van der Waals surface area contributed by atoms with Gasteiger partial charge in [0.15, 0.2) is 0 Å². The molecule has 0 heterocycles. The van der Waals surface area contributed by atoms with Gasteiger partial charge in [-0.05, 0) is 12.3 Å². The van der Waals surface area contributed by atoms with Crippen LogP contribution in [-0.2, 0) is 14.3 Å². The lowest BCUT2D eigenvalue weighted by atomic mass is 10.1. The first-order valence-electron chi connectivity index (χ1n) is 5.91. The second kappa shape index (κ2) is 9.60. The molecule has 0 aromatic heterocycles. The fraction of sp³-hybridized carbons (Fsp3) is 0.917. The number of likely N-dealkylation sites (N-methyl/N-ethyl adjacent to an activating group) is 1. The summed E-state index contributed by atoms with van der Waals surface area (Å²) in [6.45, 7) is 9.16.